The average Bonchev–Trinajstić information content (AvgIpc) is 2.74. The molecule has 0 bridgehead atoms. The van der Waals surface area contributed by atoms with Crippen molar-refractivity contribution in [2.45, 2.75) is 25.5 Å². The molecule has 0 saturated heterocycles. The average molecular weight is 422 g/mol. The molecule has 31 heavy (non-hydrogen) atoms. The maximum atomic E-state index is 13.9. The first kappa shape index (κ1) is 20.5. The van der Waals surface area contributed by atoms with Gasteiger partial charge in [-0.2, -0.15) is 0 Å². The molecule has 2 atom stereocenters. The Balaban J connectivity index is 1.65. The zero-order valence-electron chi connectivity index (χ0n) is 16.7. The zero-order valence-corrected chi connectivity index (χ0v) is 16.7. The second-order valence-electron chi connectivity index (χ2n) is 7.35. The summed E-state index contributed by atoms with van der Waals surface area (Å²) in [6, 6.07) is 16.2. The van der Waals surface area contributed by atoms with Gasteiger partial charge in [0.1, 0.15) is 11.6 Å². The molecule has 3 aromatic rings. The van der Waals surface area contributed by atoms with Gasteiger partial charge in [-0.15, -0.1) is 0 Å². The third-order valence-corrected chi connectivity index (χ3v) is 5.07. The first-order valence-corrected chi connectivity index (χ1v) is 9.82. The van der Waals surface area contributed by atoms with Crippen LogP contribution in [0.25, 0.3) is 0 Å². The molecular weight excluding hydrogens is 402 g/mol. The number of hydrogen-bond acceptors (Lipinski definition) is 3. The number of halogens is 2. The lowest BCUT2D eigenvalue weighted by Gasteiger charge is -2.26. The Bertz CT molecular complexity index is 1150. The summed E-state index contributed by atoms with van der Waals surface area (Å²) in [5.41, 5.74) is 1.85. The highest BCUT2D eigenvalue weighted by Crippen LogP contribution is 2.34. The number of hydrogen-bond donors (Lipinski definition) is 2. The van der Waals surface area contributed by atoms with Gasteiger partial charge in [0.2, 0.25) is 0 Å². The Morgan fingerprint density at radius 1 is 1.06 bits per heavy atom. The largest absolute Gasteiger partial charge is 0.478 e. The minimum atomic E-state index is -0.743. The molecule has 4 rings (SSSR count). The number of carbonyl (C=O) groups is 2. The normalized spacial score (nSPS) is 16.0. The predicted molar refractivity (Wildman–Crippen MR) is 112 cm³/mol. The summed E-state index contributed by atoms with van der Waals surface area (Å²) in [6.45, 7) is 1.59. The first-order valence-electron chi connectivity index (χ1n) is 9.82. The number of ether oxygens (including phenoxy) is 1. The van der Waals surface area contributed by atoms with Crippen molar-refractivity contribution in [3.8, 4) is 5.75 Å². The number of anilines is 1. The maximum Gasteiger partial charge on any atom is 0.265 e. The topological polar surface area (TPSA) is 67.4 Å². The van der Waals surface area contributed by atoms with Gasteiger partial charge in [0.25, 0.3) is 11.8 Å². The fourth-order valence-corrected chi connectivity index (χ4v) is 3.52. The minimum absolute atomic E-state index is 0.241. The van der Waals surface area contributed by atoms with Crippen LogP contribution in [0.3, 0.4) is 0 Å². The summed E-state index contributed by atoms with van der Waals surface area (Å²) < 4.78 is 33.2. The lowest BCUT2D eigenvalue weighted by Crippen LogP contribution is -2.36. The number of carbonyl (C=O) groups excluding carboxylic acids is 2. The van der Waals surface area contributed by atoms with Gasteiger partial charge in [-0.3, -0.25) is 9.59 Å². The fraction of sp³-hybridized carbons (Fsp3) is 0.167. The lowest BCUT2D eigenvalue weighted by atomic mass is 9.98. The van der Waals surface area contributed by atoms with Crippen LogP contribution in [-0.2, 0) is 11.2 Å². The van der Waals surface area contributed by atoms with Gasteiger partial charge < -0.3 is 15.4 Å². The van der Waals surface area contributed by atoms with Gasteiger partial charge in [0.15, 0.2) is 11.9 Å². The van der Waals surface area contributed by atoms with E-state index in [0.29, 0.717) is 16.8 Å². The molecule has 1 aliphatic heterocycles. The highest BCUT2D eigenvalue weighted by atomic mass is 19.1. The minimum Gasteiger partial charge on any atom is -0.478 e. The summed E-state index contributed by atoms with van der Waals surface area (Å²) in [7, 11) is 0. The fourth-order valence-electron chi connectivity index (χ4n) is 3.52. The van der Waals surface area contributed by atoms with Gasteiger partial charge in [0.05, 0.1) is 17.3 Å². The van der Waals surface area contributed by atoms with Crippen LogP contribution < -0.4 is 15.4 Å². The summed E-state index contributed by atoms with van der Waals surface area (Å²) in [5.74, 6) is -1.31. The Morgan fingerprint density at radius 3 is 2.52 bits per heavy atom. The quantitative estimate of drug-likeness (QED) is 0.641. The molecule has 0 aliphatic carbocycles. The number of rotatable bonds is 5. The highest BCUT2D eigenvalue weighted by molar-refractivity contribution is 6.04. The van der Waals surface area contributed by atoms with Crippen molar-refractivity contribution >= 4 is 17.5 Å². The molecule has 158 valence electrons. The second kappa shape index (κ2) is 8.55. The van der Waals surface area contributed by atoms with Crippen molar-refractivity contribution in [3.63, 3.8) is 0 Å². The van der Waals surface area contributed by atoms with Crippen LogP contribution in [0.5, 0.6) is 5.75 Å². The van der Waals surface area contributed by atoms with E-state index in [-0.39, 0.29) is 23.6 Å². The zero-order chi connectivity index (χ0) is 22.0. The molecule has 0 fully saturated rings. The van der Waals surface area contributed by atoms with Crippen molar-refractivity contribution in [1.82, 2.24) is 5.32 Å². The van der Waals surface area contributed by atoms with Crippen LogP contribution in [0.15, 0.2) is 66.7 Å². The standard InChI is InChI=1S/C24H20F2N2O3/c1-14-23(29)27-20-10-4-9-19(22(20)31-14)24(30)28-21(16-6-3-8-18(26)13-16)12-15-5-2-7-17(25)11-15/h2-11,13-14,21H,12H2,1H3,(H,27,29)(H,28,30). The molecule has 3 aromatic carbocycles. The molecule has 1 heterocycles. The third-order valence-electron chi connectivity index (χ3n) is 5.07. The number of fused-ring (bicyclic) bond motifs is 1. The molecule has 1 aliphatic rings. The van der Waals surface area contributed by atoms with E-state index in [1.165, 1.54) is 24.3 Å². The first-order chi connectivity index (χ1) is 14.9. The van der Waals surface area contributed by atoms with Crippen molar-refractivity contribution in [3.05, 3.63) is 95.1 Å². The van der Waals surface area contributed by atoms with E-state index in [9.17, 15) is 18.4 Å². The van der Waals surface area contributed by atoms with Crippen LogP contribution in [-0.4, -0.2) is 17.9 Å². The lowest BCUT2D eigenvalue weighted by molar-refractivity contribution is -0.122. The highest BCUT2D eigenvalue weighted by Gasteiger charge is 2.28. The number of benzene rings is 3. The van der Waals surface area contributed by atoms with E-state index in [1.807, 2.05) is 0 Å². The van der Waals surface area contributed by atoms with E-state index in [1.54, 1.807) is 49.4 Å². The van der Waals surface area contributed by atoms with Gasteiger partial charge in [-0.1, -0.05) is 30.3 Å². The van der Waals surface area contributed by atoms with Crippen molar-refractivity contribution in [1.29, 1.82) is 0 Å². The van der Waals surface area contributed by atoms with Gasteiger partial charge in [0, 0.05) is 0 Å². The molecule has 5 nitrogen and oxygen atoms in total. The molecule has 2 unspecified atom stereocenters. The Labute approximate surface area is 178 Å². The number of nitrogens with one attached hydrogen (secondary N) is 2. The number of para-hydroxylation sites is 1. The Hall–Kier alpha value is -3.74. The van der Waals surface area contributed by atoms with E-state index in [2.05, 4.69) is 10.6 Å². The molecule has 2 amide bonds. The molecule has 0 aromatic heterocycles. The number of amides is 2. The Kier molecular flexibility index (Phi) is 5.66. The third kappa shape index (κ3) is 4.55. The van der Waals surface area contributed by atoms with Crippen LogP contribution >= 0.6 is 0 Å². The van der Waals surface area contributed by atoms with E-state index in [0.717, 1.165) is 0 Å². The molecule has 0 spiro atoms. The van der Waals surface area contributed by atoms with Crippen molar-refractivity contribution in [2.24, 2.45) is 0 Å². The van der Waals surface area contributed by atoms with Crippen molar-refractivity contribution < 1.29 is 23.1 Å². The molecular formula is C24H20F2N2O3. The summed E-state index contributed by atoms with van der Waals surface area (Å²) >= 11 is 0. The van der Waals surface area contributed by atoms with Gasteiger partial charge in [-0.25, -0.2) is 8.78 Å². The van der Waals surface area contributed by atoms with E-state index >= 15 is 0 Å². The van der Waals surface area contributed by atoms with Crippen LogP contribution in [0, 0.1) is 11.6 Å². The van der Waals surface area contributed by atoms with Crippen LogP contribution in [0.1, 0.15) is 34.5 Å². The van der Waals surface area contributed by atoms with Crippen LogP contribution in [0.2, 0.25) is 0 Å². The Morgan fingerprint density at radius 2 is 1.77 bits per heavy atom. The second-order valence-corrected chi connectivity index (χ2v) is 7.35. The van der Waals surface area contributed by atoms with Gasteiger partial charge >= 0.3 is 0 Å². The smallest absolute Gasteiger partial charge is 0.265 e. The van der Waals surface area contributed by atoms with Crippen LogP contribution in [0.4, 0.5) is 14.5 Å². The van der Waals surface area contributed by atoms with E-state index < -0.39 is 29.7 Å². The monoisotopic (exact) mass is 422 g/mol. The molecule has 7 heteroatoms. The summed E-state index contributed by atoms with van der Waals surface area (Å²) in [5, 5.41) is 5.61. The molecule has 0 saturated carbocycles. The van der Waals surface area contributed by atoms with Gasteiger partial charge in [-0.05, 0) is 60.9 Å². The SMILES string of the molecule is CC1Oc2c(cccc2C(=O)NC(Cc2cccc(F)c2)c2cccc(F)c2)NC1=O. The molecule has 0 radical (unpaired) electrons. The van der Waals surface area contributed by atoms with Crippen molar-refractivity contribution in [2.75, 3.05) is 5.32 Å². The summed E-state index contributed by atoms with van der Waals surface area (Å²) in [6.07, 6.45) is -0.483. The molecule has 2 N–H and O–H groups in total. The maximum absolute atomic E-state index is 13.9. The summed E-state index contributed by atoms with van der Waals surface area (Å²) in [4.78, 5) is 25.0. The van der Waals surface area contributed by atoms with E-state index in [4.69, 9.17) is 4.74 Å². The predicted octanol–water partition coefficient (Wildman–Crippen LogP) is 4.40.